The maximum Gasteiger partial charge on any atom is 0.251 e. The molecule has 0 atom stereocenters. The molecule has 2 N–H and O–H groups in total. The summed E-state index contributed by atoms with van der Waals surface area (Å²) in [5, 5.41) is 5.95. The smallest absolute Gasteiger partial charge is 0.251 e. The van der Waals surface area contributed by atoms with Crippen LogP contribution in [0.25, 0.3) is 11.7 Å². The predicted octanol–water partition coefficient (Wildman–Crippen LogP) is 5.46. The molecule has 0 spiro atoms. The molecule has 0 unspecified atom stereocenters. The summed E-state index contributed by atoms with van der Waals surface area (Å²) in [5.41, 5.74) is 3.57. The van der Waals surface area contributed by atoms with Crippen molar-refractivity contribution in [3.8, 4) is 5.75 Å². The number of carbonyl (C=O) groups excluding carboxylic acids is 3. The van der Waals surface area contributed by atoms with Gasteiger partial charge in [-0.1, -0.05) is 35.3 Å². The molecule has 4 rings (SSSR count). The number of aryl methyl sites for hydroxylation is 1. The van der Waals surface area contributed by atoms with Crippen LogP contribution in [-0.4, -0.2) is 61.0 Å². The van der Waals surface area contributed by atoms with E-state index in [0.717, 1.165) is 10.3 Å². The van der Waals surface area contributed by atoms with Gasteiger partial charge < -0.3 is 25.0 Å². The van der Waals surface area contributed by atoms with E-state index in [0.29, 0.717) is 51.9 Å². The van der Waals surface area contributed by atoms with Crippen molar-refractivity contribution in [1.29, 1.82) is 0 Å². The lowest BCUT2D eigenvalue weighted by Gasteiger charge is -2.21. The number of rotatable bonds is 12. The molecular weight excluding hydrogens is 673 g/mol. The fourth-order valence-corrected chi connectivity index (χ4v) is 5.11. The summed E-state index contributed by atoms with van der Waals surface area (Å²) in [6, 6.07) is 13.7. The monoisotopic (exact) mass is 701 g/mol. The summed E-state index contributed by atoms with van der Waals surface area (Å²) in [6.07, 6.45) is 4.77. The molecule has 230 valence electrons. The van der Waals surface area contributed by atoms with Crippen molar-refractivity contribution in [2.45, 2.75) is 13.5 Å². The van der Waals surface area contributed by atoms with Gasteiger partial charge in [0, 0.05) is 49.1 Å². The predicted molar refractivity (Wildman–Crippen MR) is 175 cm³/mol. The maximum atomic E-state index is 12.9. The summed E-state index contributed by atoms with van der Waals surface area (Å²) in [6.45, 7) is 2.50. The topological polar surface area (TPSA) is 114 Å². The Balaban J connectivity index is 1.34. The van der Waals surface area contributed by atoms with E-state index >= 15 is 0 Å². The van der Waals surface area contributed by atoms with E-state index in [4.69, 9.17) is 32.7 Å². The number of amides is 3. The number of fused-ring (bicyclic) bond motifs is 1. The zero-order valence-corrected chi connectivity index (χ0v) is 27.3. The first-order valence-electron chi connectivity index (χ1n) is 13.4. The number of halogens is 3. The highest BCUT2D eigenvalue weighted by Crippen LogP contribution is 2.35. The Morgan fingerprint density at radius 2 is 1.84 bits per heavy atom. The van der Waals surface area contributed by atoms with Gasteiger partial charge in [0.15, 0.2) is 11.4 Å². The zero-order chi connectivity index (χ0) is 31.8. The van der Waals surface area contributed by atoms with E-state index in [1.807, 2.05) is 23.6 Å². The molecule has 2 aromatic heterocycles. The minimum Gasteiger partial charge on any atom is -0.485 e. The number of aromatic nitrogens is 2. The van der Waals surface area contributed by atoms with Gasteiger partial charge in [-0.05, 0) is 70.9 Å². The Morgan fingerprint density at radius 3 is 2.57 bits per heavy atom. The maximum absolute atomic E-state index is 12.9. The van der Waals surface area contributed by atoms with Gasteiger partial charge >= 0.3 is 0 Å². The second kappa shape index (κ2) is 15.2. The van der Waals surface area contributed by atoms with Gasteiger partial charge in [0.1, 0.15) is 11.2 Å². The molecule has 3 amide bonds. The Hall–Kier alpha value is -3.90. The van der Waals surface area contributed by atoms with Gasteiger partial charge in [-0.2, -0.15) is 0 Å². The van der Waals surface area contributed by atoms with Crippen molar-refractivity contribution in [2.24, 2.45) is 0 Å². The molecule has 2 aromatic carbocycles. The van der Waals surface area contributed by atoms with Crippen LogP contribution in [-0.2, 0) is 20.9 Å². The van der Waals surface area contributed by atoms with Gasteiger partial charge in [0.05, 0.1) is 29.6 Å². The number of nitrogens with one attached hydrogen (secondary N) is 2. The average molecular weight is 703 g/mol. The fraction of sp³-hybridized carbons (Fsp3) is 0.226. The number of benzene rings is 2. The molecule has 4 aromatic rings. The van der Waals surface area contributed by atoms with Crippen LogP contribution < -0.4 is 20.3 Å². The Bertz CT molecular complexity index is 1710. The van der Waals surface area contributed by atoms with Crippen molar-refractivity contribution in [1.82, 2.24) is 20.0 Å². The first kappa shape index (κ1) is 33.0. The molecule has 0 radical (unpaired) electrons. The molecule has 2 heterocycles. The fourth-order valence-electron chi connectivity index (χ4n) is 4.13. The number of hydrogen-bond acceptors (Lipinski definition) is 6. The molecule has 0 saturated carbocycles. The lowest BCUT2D eigenvalue weighted by atomic mass is 10.1. The first-order chi connectivity index (χ1) is 21.1. The normalized spacial score (nSPS) is 11.1. The van der Waals surface area contributed by atoms with Gasteiger partial charge in [-0.25, -0.2) is 4.98 Å². The highest BCUT2D eigenvalue weighted by atomic mass is 79.9. The van der Waals surface area contributed by atoms with Crippen molar-refractivity contribution in [2.75, 3.05) is 38.8 Å². The van der Waals surface area contributed by atoms with Crippen LogP contribution in [0.15, 0.2) is 65.4 Å². The number of hydrogen-bond donors (Lipinski definition) is 2. The van der Waals surface area contributed by atoms with E-state index in [1.54, 1.807) is 62.7 Å². The van der Waals surface area contributed by atoms with Crippen LogP contribution >= 0.6 is 39.1 Å². The quantitative estimate of drug-likeness (QED) is 0.150. The van der Waals surface area contributed by atoms with Crippen LogP contribution in [0.4, 0.5) is 5.69 Å². The number of anilines is 1. The van der Waals surface area contributed by atoms with E-state index < -0.39 is 11.8 Å². The first-order valence-corrected chi connectivity index (χ1v) is 15.0. The SMILES string of the molecule is COCCNC(=O)c1ccc(C=CC(=O)NCC(=O)N(C)c2ccc(Cl)c(COc3cccn4c(Br)c(C)nc34)c2Cl)cc1. The highest BCUT2D eigenvalue weighted by Gasteiger charge is 2.20. The average Bonchev–Trinajstić information content (AvgIpc) is 3.32. The second-order valence-corrected chi connectivity index (χ2v) is 11.1. The lowest BCUT2D eigenvalue weighted by Crippen LogP contribution is -2.37. The third-order valence-corrected chi connectivity index (χ3v) is 8.33. The van der Waals surface area contributed by atoms with Crippen molar-refractivity contribution in [3.05, 3.63) is 97.8 Å². The number of methoxy groups -OCH3 is 1. The summed E-state index contributed by atoms with van der Waals surface area (Å²) in [4.78, 5) is 43.3. The Morgan fingerprint density at radius 1 is 1.09 bits per heavy atom. The largest absolute Gasteiger partial charge is 0.485 e. The second-order valence-electron chi connectivity index (χ2n) is 9.58. The summed E-state index contributed by atoms with van der Waals surface area (Å²) in [5.74, 6) is -0.527. The minimum absolute atomic E-state index is 0.0394. The van der Waals surface area contributed by atoms with Crippen LogP contribution in [0.5, 0.6) is 5.75 Å². The van der Waals surface area contributed by atoms with Crippen molar-refractivity contribution < 1.29 is 23.9 Å². The molecular formula is C31H30BrCl2N5O5. The molecule has 13 heteroatoms. The van der Waals surface area contributed by atoms with E-state index in [9.17, 15) is 14.4 Å². The standard InChI is InChI=1S/C31H30BrCl2N5O5/c1-19-29(32)39-15-4-5-25(30(39)37-19)44-18-22-23(33)11-12-24(28(22)34)38(2)27(41)17-36-26(40)13-8-20-6-9-21(10-7-20)31(42)35-14-16-43-3/h4-13,15H,14,16-18H2,1-3H3,(H,35,42)(H,36,40). The van der Waals surface area contributed by atoms with Crippen LogP contribution in [0.1, 0.15) is 27.2 Å². The molecule has 0 aliphatic carbocycles. The van der Waals surface area contributed by atoms with E-state index in [-0.39, 0.29) is 24.1 Å². The number of pyridine rings is 1. The number of carbonyl (C=O) groups is 3. The third-order valence-electron chi connectivity index (χ3n) is 6.59. The van der Waals surface area contributed by atoms with Crippen LogP contribution in [0, 0.1) is 6.92 Å². The molecule has 0 aliphatic heterocycles. The number of ether oxygens (including phenoxy) is 2. The molecule has 0 fully saturated rings. The van der Waals surface area contributed by atoms with Gasteiger partial charge in [-0.15, -0.1) is 0 Å². The van der Waals surface area contributed by atoms with Gasteiger partial charge in [0.25, 0.3) is 5.91 Å². The third kappa shape index (κ3) is 7.97. The minimum atomic E-state index is -0.459. The van der Waals surface area contributed by atoms with Gasteiger partial charge in [-0.3, -0.25) is 18.8 Å². The highest BCUT2D eigenvalue weighted by molar-refractivity contribution is 9.10. The number of likely N-dealkylation sites (N-methyl/N-ethyl adjacent to an activating group) is 1. The number of nitrogens with zero attached hydrogens (tertiary/aromatic N) is 3. The summed E-state index contributed by atoms with van der Waals surface area (Å²) >= 11 is 16.7. The molecule has 0 aliphatic rings. The van der Waals surface area contributed by atoms with E-state index in [2.05, 4.69) is 31.5 Å². The van der Waals surface area contributed by atoms with Crippen LogP contribution in [0.3, 0.4) is 0 Å². The molecule has 0 saturated heterocycles. The summed E-state index contributed by atoms with van der Waals surface area (Å²) in [7, 11) is 3.12. The molecule has 10 nitrogen and oxygen atoms in total. The van der Waals surface area contributed by atoms with Crippen LogP contribution in [0.2, 0.25) is 10.0 Å². The Labute approximate surface area is 273 Å². The van der Waals surface area contributed by atoms with Gasteiger partial charge in [0.2, 0.25) is 11.8 Å². The van der Waals surface area contributed by atoms with E-state index in [1.165, 1.54) is 11.0 Å². The Kier molecular flexibility index (Phi) is 11.4. The molecule has 44 heavy (non-hydrogen) atoms. The molecule has 0 bridgehead atoms. The lowest BCUT2D eigenvalue weighted by molar-refractivity contribution is -0.122. The van der Waals surface area contributed by atoms with Crippen molar-refractivity contribution in [3.63, 3.8) is 0 Å². The zero-order valence-electron chi connectivity index (χ0n) is 24.2. The summed E-state index contributed by atoms with van der Waals surface area (Å²) < 4.78 is 13.7. The van der Waals surface area contributed by atoms with Crippen molar-refractivity contribution >= 4 is 74.3 Å². The number of imidazole rings is 1.